The lowest BCUT2D eigenvalue weighted by Gasteiger charge is -2.26. The van der Waals surface area contributed by atoms with E-state index in [1.807, 2.05) is 11.8 Å². The summed E-state index contributed by atoms with van der Waals surface area (Å²) >= 11 is 1.86. The Labute approximate surface area is 137 Å². The van der Waals surface area contributed by atoms with Gasteiger partial charge in [0.15, 0.2) is 5.82 Å². The average molecular weight is 324 g/mol. The fourth-order valence-corrected chi connectivity index (χ4v) is 3.80. The van der Waals surface area contributed by atoms with Crippen LogP contribution in [-0.4, -0.2) is 52.6 Å². The largest absolute Gasteiger partial charge is 0.375 e. The van der Waals surface area contributed by atoms with Crippen LogP contribution in [0.25, 0.3) is 0 Å². The van der Waals surface area contributed by atoms with Crippen LogP contribution in [0.2, 0.25) is 0 Å². The molecular weight excluding hydrogens is 296 g/mol. The second-order valence-corrected chi connectivity index (χ2v) is 7.31. The summed E-state index contributed by atoms with van der Waals surface area (Å²) in [6.07, 6.45) is 10.8. The first-order valence-corrected chi connectivity index (χ1v) is 10.0. The summed E-state index contributed by atoms with van der Waals surface area (Å²) in [5.74, 6) is 3.24. The van der Waals surface area contributed by atoms with Crippen LogP contribution >= 0.6 is 11.8 Å². The molecule has 1 aromatic rings. The quantitative estimate of drug-likeness (QED) is 0.869. The molecule has 0 amide bonds. The van der Waals surface area contributed by atoms with Gasteiger partial charge >= 0.3 is 0 Å². The van der Waals surface area contributed by atoms with Gasteiger partial charge in [-0.25, -0.2) is 9.67 Å². The predicted octanol–water partition coefficient (Wildman–Crippen LogP) is 2.22. The first-order valence-electron chi connectivity index (χ1n) is 8.62. The van der Waals surface area contributed by atoms with E-state index < -0.39 is 0 Å². The summed E-state index contributed by atoms with van der Waals surface area (Å²) in [6, 6.07) is 0.552. The molecule has 0 spiro atoms. The van der Waals surface area contributed by atoms with Gasteiger partial charge in [-0.1, -0.05) is 19.3 Å². The molecule has 6 heteroatoms. The van der Waals surface area contributed by atoms with Crippen molar-refractivity contribution in [2.75, 3.05) is 31.7 Å². The summed E-state index contributed by atoms with van der Waals surface area (Å²) in [5, 5.41) is 8.26. The van der Waals surface area contributed by atoms with Crippen LogP contribution in [0.1, 0.15) is 49.8 Å². The fraction of sp³-hybridized carbons (Fsp3) is 0.875. The lowest BCUT2D eigenvalue weighted by atomic mass is 9.95. The van der Waals surface area contributed by atoms with E-state index in [0.29, 0.717) is 6.04 Å². The molecule has 1 saturated carbocycles. The number of hydrogen-bond donors (Lipinski definition) is 1. The van der Waals surface area contributed by atoms with Crippen molar-refractivity contribution in [1.29, 1.82) is 0 Å². The molecule has 0 aromatic carbocycles. The van der Waals surface area contributed by atoms with Crippen molar-refractivity contribution in [2.45, 2.75) is 57.1 Å². The number of rotatable bonds is 6. The number of hydrogen-bond acceptors (Lipinski definition) is 5. The van der Waals surface area contributed by atoms with E-state index in [9.17, 15) is 0 Å². The molecule has 124 valence electrons. The molecule has 5 nitrogen and oxygen atoms in total. The summed E-state index contributed by atoms with van der Waals surface area (Å²) in [5.41, 5.74) is 0. The highest BCUT2D eigenvalue weighted by atomic mass is 32.2. The Kier molecular flexibility index (Phi) is 6.15. The Morgan fingerprint density at radius 3 is 2.91 bits per heavy atom. The monoisotopic (exact) mass is 324 g/mol. The second kappa shape index (κ2) is 8.31. The lowest BCUT2D eigenvalue weighted by Crippen LogP contribution is -2.40. The van der Waals surface area contributed by atoms with Crippen LogP contribution in [0.4, 0.5) is 0 Å². The first-order chi connectivity index (χ1) is 10.9. The van der Waals surface area contributed by atoms with Crippen LogP contribution in [0.3, 0.4) is 0 Å². The highest BCUT2D eigenvalue weighted by Crippen LogP contribution is 2.29. The third-order valence-corrected chi connectivity index (χ3v) is 5.22. The van der Waals surface area contributed by atoms with Crippen molar-refractivity contribution >= 4 is 11.8 Å². The zero-order valence-corrected chi connectivity index (χ0v) is 14.4. The van der Waals surface area contributed by atoms with Gasteiger partial charge in [-0.15, -0.1) is 0 Å². The van der Waals surface area contributed by atoms with E-state index in [4.69, 9.17) is 14.8 Å². The van der Waals surface area contributed by atoms with Gasteiger partial charge in [-0.2, -0.15) is 16.9 Å². The van der Waals surface area contributed by atoms with E-state index >= 15 is 0 Å². The van der Waals surface area contributed by atoms with Gasteiger partial charge in [0, 0.05) is 31.7 Å². The zero-order chi connectivity index (χ0) is 15.2. The summed E-state index contributed by atoms with van der Waals surface area (Å²) in [6.45, 7) is 2.70. The molecule has 0 unspecified atom stereocenters. The number of nitrogens with one attached hydrogen (secondary N) is 1. The van der Waals surface area contributed by atoms with Crippen LogP contribution in [-0.2, 0) is 17.6 Å². The third kappa shape index (κ3) is 4.24. The van der Waals surface area contributed by atoms with Crippen LogP contribution < -0.4 is 5.32 Å². The van der Waals surface area contributed by atoms with E-state index in [2.05, 4.69) is 16.3 Å². The Morgan fingerprint density at radius 2 is 2.18 bits per heavy atom. The van der Waals surface area contributed by atoms with Gasteiger partial charge in [0.1, 0.15) is 5.82 Å². The number of ether oxygens (including phenoxy) is 1. The molecule has 22 heavy (non-hydrogen) atoms. The van der Waals surface area contributed by atoms with Gasteiger partial charge in [0.25, 0.3) is 0 Å². The molecule has 1 aliphatic heterocycles. The molecule has 1 aromatic heterocycles. The summed E-state index contributed by atoms with van der Waals surface area (Å²) < 4.78 is 8.11. The standard InChI is InChI=1S/C16H28N4OS/c1-22-10-7-15-18-16(11-14-12-17-8-9-21-14)20(19-15)13-5-3-2-4-6-13/h13-14,17H,2-12H2,1H3/t14-/m0/s1. The minimum atomic E-state index is 0.244. The number of thioether (sulfide) groups is 1. The normalized spacial score (nSPS) is 23.8. The molecule has 2 fully saturated rings. The Bertz CT molecular complexity index is 453. The van der Waals surface area contributed by atoms with Crippen molar-refractivity contribution in [2.24, 2.45) is 0 Å². The second-order valence-electron chi connectivity index (χ2n) is 6.32. The minimum Gasteiger partial charge on any atom is -0.375 e. The zero-order valence-electron chi connectivity index (χ0n) is 13.6. The maximum absolute atomic E-state index is 5.87. The summed E-state index contributed by atoms with van der Waals surface area (Å²) in [7, 11) is 0. The number of morpholine rings is 1. The van der Waals surface area contributed by atoms with E-state index in [1.54, 1.807) is 0 Å². The van der Waals surface area contributed by atoms with Crippen molar-refractivity contribution in [3.63, 3.8) is 0 Å². The van der Waals surface area contributed by atoms with Gasteiger partial charge in [0.2, 0.25) is 0 Å². The highest BCUT2D eigenvalue weighted by molar-refractivity contribution is 7.98. The molecule has 2 aliphatic rings. The van der Waals surface area contributed by atoms with E-state index in [1.165, 1.54) is 32.1 Å². The van der Waals surface area contributed by atoms with Gasteiger partial charge in [-0.3, -0.25) is 0 Å². The lowest BCUT2D eigenvalue weighted by molar-refractivity contribution is 0.0270. The van der Waals surface area contributed by atoms with Crippen LogP contribution in [0.15, 0.2) is 0 Å². The maximum atomic E-state index is 5.87. The number of aryl methyl sites for hydroxylation is 1. The van der Waals surface area contributed by atoms with Crippen molar-refractivity contribution in [1.82, 2.24) is 20.1 Å². The van der Waals surface area contributed by atoms with Gasteiger partial charge < -0.3 is 10.1 Å². The average Bonchev–Trinajstić information content (AvgIpc) is 2.97. The van der Waals surface area contributed by atoms with Crippen LogP contribution in [0, 0.1) is 0 Å². The smallest absolute Gasteiger partial charge is 0.151 e. The molecule has 1 atom stereocenters. The minimum absolute atomic E-state index is 0.244. The number of aromatic nitrogens is 3. The third-order valence-electron chi connectivity index (χ3n) is 4.61. The predicted molar refractivity (Wildman–Crippen MR) is 90.5 cm³/mol. The Morgan fingerprint density at radius 1 is 1.32 bits per heavy atom. The van der Waals surface area contributed by atoms with Gasteiger partial charge in [-0.05, 0) is 19.1 Å². The molecular formula is C16H28N4OS. The van der Waals surface area contributed by atoms with Crippen molar-refractivity contribution in [3.05, 3.63) is 11.6 Å². The SMILES string of the molecule is CSCCc1nc(C[C@H]2CNCCO2)n(C2CCCCC2)n1. The molecule has 2 heterocycles. The maximum Gasteiger partial charge on any atom is 0.151 e. The number of nitrogens with zero attached hydrogens (tertiary/aromatic N) is 3. The molecule has 0 radical (unpaired) electrons. The topological polar surface area (TPSA) is 52.0 Å². The van der Waals surface area contributed by atoms with Crippen molar-refractivity contribution in [3.8, 4) is 0 Å². The molecule has 1 N–H and O–H groups in total. The Hall–Kier alpha value is -0.590. The van der Waals surface area contributed by atoms with E-state index in [0.717, 1.165) is 49.9 Å². The fourth-order valence-electron chi connectivity index (χ4n) is 3.42. The van der Waals surface area contributed by atoms with E-state index in [-0.39, 0.29) is 6.10 Å². The molecule has 1 aliphatic carbocycles. The summed E-state index contributed by atoms with van der Waals surface area (Å²) in [4.78, 5) is 4.85. The molecule has 0 bridgehead atoms. The Balaban J connectivity index is 1.73. The highest BCUT2D eigenvalue weighted by Gasteiger charge is 2.24. The van der Waals surface area contributed by atoms with Crippen molar-refractivity contribution < 1.29 is 4.74 Å². The molecule has 1 saturated heterocycles. The first kappa shape index (κ1) is 16.3. The van der Waals surface area contributed by atoms with Crippen LogP contribution in [0.5, 0.6) is 0 Å². The molecule has 3 rings (SSSR count). The van der Waals surface area contributed by atoms with Gasteiger partial charge in [0.05, 0.1) is 18.8 Å².